The number of carboxylic acid groups (broad SMARTS) is 1. The Labute approximate surface area is 185 Å². The van der Waals surface area contributed by atoms with Gasteiger partial charge < -0.3 is 16.2 Å². The second-order valence-electron chi connectivity index (χ2n) is 7.63. The maximum absolute atomic E-state index is 13.0. The molecule has 1 atom stereocenters. The average Bonchev–Trinajstić information content (AvgIpc) is 3.21. The minimum Gasteiger partial charge on any atom is -0.481 e. The van der Waals surface area contributed by atoms with Crippen LogP contribution in [0.2, 0.25) is 0 Å². The zero-order valence-electron chi connectivity index (χ0n) is 17.4. The van der Waals surface area contributed by atoms with Crippen LogP contribution in [0.3, 0.4) is 0 Å². The van der Waals surface area contributed by atoms with Gasteiger partial charge in [0.25, 0.3) is 0 Å². The molecule has 0 aliphatic carbocycles. The van der Waals surface area contributed by atoms with E-state index in [0.717, 1.165) is 33.3 Å². The quantitative estimate of drug-likeness (QED) is 0.339. The van der Waals surface area contributed by atoms with Gasteiger partial charge >= 0.3 is 5.97 Å². The highest BCUT2D eigenvalue weighted by atomic mass is 16.4. The maximum Gasteiger partial charge on any atom is 0.307 e. The number of benzene rings is 3. The SMILES string of the molecule is NCCC(C(=O)Nc1ccc2[nH]nc(-c3ccc(CC(=O)O)cc3)c2c1)c1ccccc1. The molecule has 1 aromatic heterocycles. The summed E-state index contributed by atoms with van der Waals surface area (Å²) < 4.78 is 0. The van der Waals surface area contributed by atoms with Crippen molar-refractivity contribution in [2.75, 3.05) is 11.9 Å². The van der Waals surface area contributed by atoms with E-state index in [4.69, 9.17) is 10.8 Å². The highest BCUT2D eigenvalue weighted by Gasteiger charge is 2.20. The molecule has 0 saturated carbocycles. The maximum atomic E-state index is 13.0. The first-order chi connectivity index (χ1) is 15.5. The lowest BCUT2D eigenvalue weighted by Crippen LogP contribution is -2.23. The summed E-state index contributed by atoms with van der Waals surface area (Å²) in [5.41, 5.74) is 10.5. The Morgan fingerprint density at radius 2 is 1.78 bits per heavy atom. The minimum absolute atomic E-state index is 0.0246. The van der Waals surface area contributed by atoms with Gasteiger partial charge in [0.1, 0.15) is 0 Å². The number of nitrogens with two attached hydrogens (primary N) is 1. The first kappa shape index (κ1) is 21.3. The van der Waals surface area contributed by atoms with E-state index in [1.54, 1.807) is 12.1 Å². The largest absolute Gasteiger partial charge is 0.481 e. The van der Waals surface area contributed by atoms with Crippen LogP contribution in [-0.4, -0.2) is 33.7 Å². The Morgan fingerprint density at radius 1 is 1.03 bits per heavy atom. The lowest BCUT2D eigenvalue weighted by molar-refractivity contribution is -0.136. The van der Waals surface area contributed by atoms with Crippen LogP contribution in [0.4, 0.5) is 5.69 Å². The van der Waals surface area contributed by atoms with Gasteiger partial charge in [-0.3, -0.25) is 14.7 Å². The number of H-pyrrole nitrogens is 1. The van der Waals surface area contributed by atoms with Crippen molar-refractivity contribution in [3.63, 3.8) is 0 Å². The van der Waals surface area contributed by atoms with Crippen LogP contribution < -0.4 is 11.1 Å². The minimum atomic E-state index is -0.869. The molecule has 1 heterocycles. The van der Waals surface area contributed by atoms with Crippen molar-refractivity contribution in [2.45, 2.75) is 18.8 Å². The molecule has 0 aliphatic heterocycles. The fourth-order valence-corrected chi connectivity index (χ4v) is 3.80. The number of hydrogen-bond donors (Lipinski definition) is 4. The zero-order chi connectivity index (χ0) is 22.5. The molecule has 32 heavy (non-hydrogen) atoms. The van der Waals surface area contributed by atoms with E-state index in [9.17, 15) is 9.59 Å². The highest BCUT2D eigenvalue weighted by molar-refractivity contribution is 6.00. The van der Waals surface area contributed by atoms with Crippen LogP contribution in [0.15, 0.2) is 72.8 Å². The van der Waals surface area contributed by atoms with Gasteiger partial charge in [-0.15, -0.1) is 0 Å². The molecule has 0 radical (unpaired) electrons. The monoisotopic (exact) mass is 428 g/mol. The Kier molecular flexibility index (Phi) is 6.28. The van der Waals surface area contributed by atoms with Gasteiger partial charge in [0.15, 0.2) is 0 Å². The van der Waals surface area contributed by atoms with Gasteiger partial charge in [0.2, 0.25) is 5.91 Å². The van der Waals surface area contributed by atoms with E-state index in [1.807, 2.05) is 60.7 Å². The number of amides is 1. The Hall–Kier alpha value is -3.97. The summed E-state index contributed by atoms with van der Waals surface area (Å²) >= 11 is 0. The van der Waals surface area contributed by atoms with E-state index in [0.29, 0.717) is 18.7 Å². The van der Waals surface area contributed by atoms with Crippen molar-refractivity contribution in [2.24, 2.45) is 5.73 Å². The topological polar surface area (TPSA) is 121 Å². The number of nitrogens with one attached hydrogen (secondary N) is 2. The first-order valence-electron chi connectivity index (χ1n) is 10.4. The molecule has 162 valence electrons. The fraction of sp³-hybridized carbons (Fsp3) is 0.160. The number of carbonyl (C=O) groups excluding carboxylic acids is 1. The van der Waals surface area contributed by atoms with Gasteiger partial charge in [0.05, 0.1) is 23.5 Å². The van der Waals surface area contributed by atoms with Gasteiger partial charge in [0, 0.05) is 16.6 Å². The molecule has 5 N–H and O–H groups in total. The number of aliphatic carboxylic acids is 1. The normalized spacial score (nSPS) is 11.9. The molecule has 1 amide bonds. The van der Waals surface area contributed by atoms with Gasteiger partial charge in [-0.1, -0.05) is 54.6 Å². The molecular weight excluding hydrogens is 404 g/mol. The average molecular weight is 428 g/mol. The zero-order valence-corrected chi connectivity index (χ0v) is 17.4. The molecule has 0 spiro atoms. The number of carboxylic acids is 1. The first-order valence-corrected chi connectivity index (χ1v) is 10.4. The summed E-state index contributed by atoms with van der Waals surface area (Å²) in [6.45, 7) is 0.412. The third-order valence-electron chi connectivity index (χ3n) is 5.39. The highest BCUT2D eigenvalue weighted by Crippen LogP contribution is 2.29. The van der Waals surface area contributed by atoms with Crippen LogP contribution in [0.1, 0.15) is 23.5 Å². The number of aromatic nitrogens is 2. The van der Waals surface area contributed by atoms with E-state index < -0.39 is 5.97 Å². The van der Waals surface area contributed by atoms with Crippen molar-refractivity contribution in [3.8, 4) is 11.3 Å². The van der Waals surface area contributed by atoms with Crippen LogP contribution in [0, 0.1) is 0 Å². The molecule has 0 fully saturated rings. The summed E-state index contributed by atoms with van der Waals surface area (Å²) in [6.07, 6.45) is 0.529. The number of nitrogens with zero attached hydrogens (tertiary/aromatic N) is 1. The number of rotatable bonds is 8. The van der Waals surface area contributed by atoms with Crippen LogP contribution in [0.5, 0.6) is 0 Å². The molecule has 0 bridgehead atoms. The predicted octanol–water partition coefficient (Wildman–Crippen LogP) is 3.93. The number of hydrogen-bond acceptors (Lipinski definition) is 4. The molecule has 7 nitrogen and oxygen atoms in total. The van der Waals surface area contributed by atoms with Crippen LogP contribution >= 0.6 is 0 Å². The van der Waals surface area contributed by atoms with Gasteiger partial charge in [-0.05, 0) is 42.3 Å². The molecule has 1 unspecified atom stereocenters. The summed E-state index contributed by atoms with van der Waals surface area (Å²) in [7, 11) is 0. The van der Waals surface area contributed by atoms with Crippen LogP contribution in [0.25, 0.3) is 22.2 Å². The summed E-state index contributed by atoms with van der Waals surface area (Å²) in [6, 6.07) is 22.5. The summed E-state index contributed by atoms with van der Waals surface area (Å²) in [4.78, 5) is 23.9. The number of carbonyl (C=O) groups is 2. The van der Waals surface area contributed by atoms with Crippen molar-refractivity contribution in [1.82, 2.24) is 10.2 Å². The number of anilines is 1. The number of fused-ring (bicyclic) bond motifs is 1. The Morgan fingerprint density at radius 3 is 2.47 bits per heavy atom. The Balaban J connectivity index is 1.59. The molecule has 3 aromatic carbocycles. The lowest BCUT2D eigenvalue weighted by atomic mass is 9.94. The van der Waals surface area contributed by atoms with Crippen molar-refractivity contribution < 1.29 is 14.7 Å². The fourth-order valence-electron chi connectivity index (χ4n) is 3.80. The van der Waals surface area contributed by atoms with E-state index in [-0.39, 0.29) is 18.2 Å². The second kappa shape index (κ2) is 9.45. The molecule has 7 heteroatoms. The standard InChI is InChI=1S/C25H24N4O3/c26-13-12-20(17-4-2-1-3-5-17)25(32)27-19-10-11-22-21(15-19)24(29-28-22)18-8-6-16(7-9-18)14-23(30)31/h1-11,15,20H,12-14,26H2,(H,27,32)(H,28,29)(H,30,31). The van der Waals surface area contributed by atoms with E-state index in [2.05, 4.69) is 15.5 Å². The summed E-state index contributed by atoms with van der Waals surface area (Å²) in [5.74, 6) is -1.31. The van der Waals surface area contributed by atoms with Crippen LogP contribution in [-0.2, 0) is 16.0 Å². The van der Waals surface area contributed by atoms with Crippen molar-refractivity contribution in [3.05, 3.63) is 83.9 Å². The van der Waals surface area contributed by atoms with Crippen molar-refractivity contribution >= 4 is 28.5 Å². The third-order valence-corrected chi connectivity index (χ3v) is 5.39. The molecule has 0 saturated heterocycles. The Bertz CT molecular complexity index is 1230. The lowest BCUT2D eigenvalue weighted by Gasteiger charge is -2.16. The molecule has 4 rings (SSSR count). The summed E-state index contributed by atoms with van der Waals surface area (Å²) in [5, 5.41) is 20.3. The van der Waals surface area contributed by atoms with E-state index >= 15 is 0 Å². The third kappa shape index (κ3) is 4.68. The second-order valence-corrected chi connectivity index (χ2v) is 7.63. The van der Waals surface area contributed by atoms with Gasteiger partial charge in [-0.2, -0.15) is 5.10 Å². The smallest absolute Gasteiger partial charge is 0.307 e. The molecular formula is C25H24N4O3. The predicted molar refractivity (Wildman–Crippen MR) is 124 cm³/mol. The molecule has 0 aliphatic rings. The number of aromatic amines is 1. The molecule has 4 aromatic rings. The van der Waals surface area contributed by atoms with Gasteiger partial charge in [-0.25, -0.2) is 0 Å². The van der Waals surface area contributed by atoms with Crippen molar-refractivity contribution in [1.29, 1.82) is 0 Å². The van der Waals surface area contributed by atoms with E-state index in [1.165, 1.54) is 0 Å².